The van der Waals surface area contributed by atoms with E-state index in [1.165, 1.54) is 11.0 Å². The van der Waals surface area contributed by atoms with Crippen molar-refractivity contribution in [1.29, 1.82) is 0 Å². The zero-order chi connectivity index (χ0) is 14.9. The van der Waals surface area contributed by atoms with E-state index >= 15 is 0 Å². The number of hydrogen-bond acceptors (Lipinski definition) is 5. The molecule has 1 aliphatic heterocycles. The number of aryl methyl sites for hydroxylation is 1. The van der Waals surface area contributed by atoms with E-state index in [9.17, 15) is 14.4 Å². The third-order valence-electron chi connectivity index (χ3n) is 3.38. The standard InChI is InChI=1S/C12H14N2O6/c1-6-4-9(13-20-6)10(15)14-3-2-7(11(16)17)8(5-14)12(18)19/h4,7-8H,2-3,5H2,1H3,(H,16,17)(H,18,19). The van der Waals surface area contributed by atoms with Crippen LogP contribution in [0.2, 0.25) is 0 Å². The number of carboxylic acids is 2. The van der Waals surface area contributed by atoms with Crippen LogP contribution in [0.1, 0.15) is 22.7 Å². The fourth-order valence-corrected chi connectivity index (χ4v) is 2.31. The van der Waals surface area contributed by atoms with Gasteiger partial charge in [0.15, 0.2) is 5.69 Å². The summed E-state index contributed by atoms with van der Waals surface area (Å²) in [6.45, 7) is 1.68. The largest absolute Gasteiger partial charge is 0.481 e. The predicted molar refractivity (Wildman–Crippen MR) is 64.0 cm³/mol. The number of carbonyl (C=O) groups excluding carboxylic acids is 1. The molecule has 1 saturated heterocycles. The normalized spacial score (nSPS) is 22.6. The van der Waals surface area contributed by atoms with Gasteiger partial charge in [0.1, 0.15) is 5.76 Å². The molecule has 2 unspecified atom stereocenters. The molecule has 0 bridgehead atoms. The summed E-state index contributed by atoms with van der Waals surface area (Å²) in [5.41, 5.74) is 0.0976. The van der Waals surface area contributed by atoms with Crippen LogP contribution in [-0.2, 0) is 9.59 Å². The molecule has 108 valence electrons. The molecule has 8 heteroatoms. The van der Waals surface area contributed by atoms with Crippen LogP contribution in [0.3, 0.4) is 0 Å². The zero-order valence-corrected chi connectivity index (χ0v) is 10.8. The molecule has 0 spiro atoms. The van der Waals surface area contributed by atoms with E-state index in [1.807, 2.05) is 0 Å². The highest BCUT2D eigenvalue weighted by Crippen LogP contribution is 2.25. The highest BCUT2D eigenvalue weighted by molar-refractivity contribution is 5.93. The highest BCUT2D eigenvalue weighted by atomic mass is 16.5. The SMILES string of the molecule is Cc1cc(C(=O)N2CCC(C(=O)O)C(C(=O)O)C2)no1. The molecule has 1 aromatic rings. The summed E-state index contributed by atoms with van der Waals surface area (Å²) in [5, 5.41) is 21.7. The smallest absolute Gasteiger partial charge is 0.309 e. The van der Waals surface area contributed by atoms with Gasteiger partial charge in [-0.3, -0.25) is 14.4 Å². The maximum atomic E-state index is 12.1. The van der Waals surface area contributed by atoms with Gasteiger partial charge in [-0.15, -0.1) is 0 Å². The molecule has 1 fully saturated rings. The second-order valence-corrected chi connectivity index (χ2v) is 4.75. The molecule has 8 nitrogen and oxygen atoms in total. The van der Waals surface area contributed by atoms with Crippen molar-refractivity contribution in [3.63, 3.8) is 0 Å². The van der Waals surface area contributed by atoms with Gasteiger partial charge in [-0.25, -0.2) is 0 Å². The summed E-state index contributed by atoms with van der Waals surface area (Å²) in [6.07, 6.45) is 0.106. The molecule has 0 saturated carbocycles. The Balaban J connectivity index is 2.14. The first-order chi connectivity index (χ1) is 9.40. The van der Waals surface area contributed by atoms with Crippen molar-refractivity contribution in [1.82, 2.24) is 10.1 Å². The van der Waals surface area contributed by atoms with Crippen LogP contribution in [0.15, 0.2) is 10.6 Å². The third-order valence-corrected chi connectivity index (χ3v) is 3.38. The van der Waals surface area contributed by atoms with Crippen molar-refractivity contribution in [3.05, 3.63) is 17.5 Å². The number of hydrogen-bond donors (Lipinski definition) is 2. The summed E-state index contributed by atoms with van der Waals surface area (Å²) in [7, 11) is 0. The van der Waals surface area contributed by atoms with Crippen molar-refractivity contribution < 1.29 is 29.1 Å². The molecule has 2 N–H and O–H groups in total. The monoisotopic (exact) mass is 282 g/mol. The molecule has 1 aliphatic rings. The third kappa shape index (κ3) is 2.63. The lowest BCUT2D eigenvalue weighted by Gasteiger charge is -2.34. The van der Waals surface area contributed by atoms with E-state index in [2.05, 4.69) is 5.16 Å². The summed E-state index contributed by atoms with van der Waals surface area (Å²) >= 11 is 0. The molecule has 1 amide bonds. The van der Waals surface area contributed by atoms with Crippen LogP contribution in [0.4, 0.5) is 0 Å². The summed E-state index contributed by atoms with van der Waals surface area (Å²) in [5.74, 6) is -4.43. The maximum absolute atomic E-state index is 12.1. The van der Waals surface area contributed by atoms with Gasteiger partial charge >= 0.3 is 11.9 Å². The van der Waals surface area contributed by atoms with Crippen LogP contribution in [0, 0.1) is 18.8 Å². The predicted octanol–water partition coefficient (Wildman–Crippen LogP) is 0.231. The minimum atomic E-state index is -1.22. The molecule has 1 aromatic heterocycles. The van der Waals surface area contributed by atoms with E-state index in [-0.39, 0.29) is 25.2 Å². The first kappa shape index (κ1) is 14.0. The first-order valence-corrected chi connectivity index (χ1v) is 6.08. The Morgan fingerprint density at radius 3 is 2.45 bits per heavy atom. The van der Waals surface area contributed by atoms with Crippen LogP contribution in [0.5, 0.6) is 0 Å². The molecule has 20 heavy (non-hydrogen) atoms. The Morgan fingerprint density at radius 1 is 1.30 bits per heavy atom. The molecular formula is C12H14N2O6. The van der Waals surface area contributed by atoms with Crippen molar-refractivity contribution in [3.8, 4) is 0 Å². The van der Waals surface area contributed by atoms with Crippen molar-refractivity contribution >= 4 is 17.8 Å². The Kier molecular flexibility index (Phi) is 3.73. The molecule has 0 aliphatic carbocycles. The second-order valence-electron chi connectivity index (χ2n) is 4.75. The number of carbonyl (C=O) groups is 3. The fourth-order valence-electron chi connectivity index (χ4n) is 2.31. The van der Waals surface area contributed by atoms with Crippen LogP contribution in [0.25, 0.3) is 0 Å². The number of aromatic nitrogens is 1. The van der Waals surface area contributed by atoms with Gasteiger partial charge in [-0.1, -0.05) is 5.16 Å². The van der Waals surface area contributed by atoms with Gasteiger partial charge in [-0.2, -0.15) is 0 Å². The minimum absolute atomic E-state index is 0.0976. The maximum Gasteiger partial charge on any atom is 0.309 e. The average Bonchev–Trinajstić information content (AvgIpc) is 2.83. The topological polar surface area (TPSA) is 121 Å². The quantitative estimate of drug-likeness (QED) is 0.813. The number of likely N-dealkylation sites (tertiary alicyclic amines) is 1. The zero-order valence-electron chi connectivity index (χ0n) is 10.8. The van der Waals surface area contributed by atoms with Gasteiger partial charge in [0.25, 0.3) is 5.91 Å². The number of amides is 1. The van der Waals surface area contributed by atoms with Crippen LogP contribution < -0.4 is 0 Å². The van der Waals surface area contributed by atoms with Gasteiger partial charge in [0.2, 0.25) is 0 Å². The summed E-state index contributed by atoms with van der Waals surface area (Å²) in [4.78, 5) is 35.6. The molecular weight excluding hydrogens is 268 g/mol. The van der Waals surface area contributed by atoms with Gasteiger partial charge < -0.3 is 19.6 Å². The van der Waals surface area contributed by atoms with Crippen LogP contribution >= 0.6 is 0 Å². The lowest BCUT2D eigenvalue weighted by atomic mass is 9.85. The van der Waals surface area contributed by atoms with Crippen molar-refractivity contribution in [2.24, 2.45) is 11.8 Å². The highest BCUT2D eigenvalue weighted by Gasteiger charge is 2.40. The van der Waals surface area contributed by atoms with Crippen LogP contribution in [-0.4, -0.2) is 51.2 Å². The number of carboxylic acid groups (broad SMARTS) is 2. The fraction of sp³-hybridized carbons (Fsp3) is 0.500. The molecule has 0 radical (unpaired) electrons. The van der Waals surface area contributed by atoms with E-state index in [0.29, 0.717) is 5.76 Å². The molecule has 2 heterocycles. The van der Waals surface area contributed by atoms with E-state index in [1.54, 1.807) is 6.92 Å². The lowest BCUT2D eigenvalue weighted by Crippen LogP contribution is -2.48. The number of piperidine rings is 1. The number of rotatable bonds is 3. The minimum Gasteiger partial charge on any atom is -0.481 e. The van der Waals surface area contributed by atoms with E-state index in [0.717, 1.165) is 0 Å². The summed E-state index contributed by atoms with van der Waals surface area (Å²) < 4.78 is 4.80. The van der Waals surface area contributed by atoms with Gasteiger partial charge in [-0.05, 0) is 13.3 Å². The first-order valence-electron chi connectivity index (χ1n) is 6.08. The lowest BCUT2D eigenvalue weighted by molar-refractivity contribution is -0.156. The van der Waals surface area contributed by atoms with Crippen molar-refractivity contribution in [2.75, 3.05) is 13.1 Å². The van der Waals surface area contributed by atoms with E-state index in [4.69, 9.17) is 14.7 Å². The second kappa shape index (κ2) is 5.32. The molecule has 2 atom stereocenters. The number of aliphatic carboxylic acids is 2. The van der Waals surface area contributed by atoms with Gasteiger partial charge in [0.05, 0.1) is 11.8 Å². The Morgan fingerprint density at radius 2 is 1.95 bits per heavy atom. The molecule has 0 aromatic carbocycles. The summed E-state index contributed by atoms with van der Waals surface area (Å²) in [6, 6.07) is 1.46. The van der Waals surface area contributed by atoms with Crippen molar-refractivity contribution in [2.45, 2.75) is 13.3 Å². The van der Waals surface area contributed by atoms with Gasteiger partial charge in [0, 0.05) is 19.2 Å². The Labute approximate surface area is 114 Å². The van der Waals surface area contributed by atoms with E-state index < -0.39 is 29.7 Å². The molecule has 2 rings (SSSR count). The Bertz CT molecular complexity index is 552. The Hall–Kier alpha value is -2.38. The average molecular weight is 282 g/mol. The number of nitrogens with zero attached hydrogens (tertiary/aromatic N) is 2.